The van der Waals surface area contributed by atoms with E-state index >= 15 is 0 Å². The van der Waals surface area contributed by atoms with Crippen LogP contribution in [0, 0.1) is 5.92 Å². The molecule has 4 nitrogen and oxygen atoms in total. The molecule has 0 bridgehead atoms. The molecule has 3 rings (SSSR count). The molecule has 138 valence electrons. The lowest BCUT2D eigenvalue weighted by molar-refractivity contribution is -0.166. The SMILES string of the molecule is CCN1CCC(COC(=O)C(OC)(c2ccccc2)c2ccccc2)C1. The van der Waals surface area contributed by atoms with E-state index in [1.54, 1.807) is 7.11 Å². The van der Waals surface area contributed by atoms with Crippen LogP contribution in [0.1, 0.15) is 24.5 Å². The fraction of sp³-hybridized carbons (Fsp3) is 0.409. The van der Waals surface area contributed by atoms with Crippen molar-refractivity contribution in [2.75, 3.05) is 33.4 Å². The summed E-state index contributed by atoms with van der Waals surface area (Å²) in [7, 11) is 1.57. The number of hydrogen-bond acceptors (Lipinski definition) is 4. The van der Waals surface area contributed by atoms with Crippen LogP contribution >= 0.6 is 0 Å². The highest BCUT2D eigenvalue weighted by molar-refractivity contribution is 5.85. The third-order valence-corrected chi connectivity index (χ3v) is 5.22. The van der Waals surface area contributed by atoms with Crippen molar-refractivity contribution in [3.63, 3.8) is 0 Å². The Bertz CT molecular complexity index is 662. The molecule has 1 aliphatic rings. The van der Waals surface area contributed by atoms with Gasteiger partial charge in [0.1, 0.15) is 0 Å². The molecule has 0 N–H and O–H groups in total. The van der Waals surface area contributed by atoms with Gasteiger partial charge >= 0.3 is 5.97 Å². The van der Waals surface area contributed by atoms with Crippen LogP contribution in [0.3, 0.4) is 0 Å². The highest BCUT2D eigenvalue weighted by Gasteiger charge is 2.44. The van der Waals surface area contributed by atoms with Gasteiger partial charge in [-0.3, -0.25) is 0 Å². The van der Waals surface area contributed by atoms with Crippen LogP contribution in [-0.4, -0.2) is 44.2 Å². The second-order valence-electron chi connectivity index (χ2n) is 6.76. The molecule has 4 heteroatoms. The Morgan fingerprint density at radius 2 is 1.65 bits per heavy atom. The van der Waals surface area contributed by atoms with Gasteiger partial charge in [0, 0.05) is 19.6 Å². The summed E-state index contributed by atoms with van der Waals surface area (Å²) in [6.45, 7) is 5.70. The van der Waals surface area contributed by atoms with Crippen molar-refractivity contribution in [1.29, 1.82) is 0 Å². The van der Waals surface area contributed by atoms with E-state index in [0.29, 0.717) is 12.5 Å². The molecule has 0 aliphatic carbocycles. The van der Waals surface area contributed by atoms with Gasteiger partial charge in [0.2, 0.25) is 5.60 Å². The molecule has 2 aromatic carbocycles. The minimum absolute atomic E-state index is 0.354. The smallest absolute Gasteiger partial charge is 0.347 e. The molecule has 0 radical (unpaired) electrons. The molecule has 0 spiro atoms. The van der Waals surface area contributed by atoms with Crippen molar-refractivity contribution in [3.05, 3.63) is 71.8 Å². The van der Waals surface area contributed by atoms with Crippen LogP contribution in [0.15, 0.2) is 60.7 Å². The molecular formula is C22H27NO3. The van der Waals surface area contributed by atoms with E-state index < -0.39 is 5.60 Å². The summed E-state index contributed by atoms with van der Waals surface area (Å²) in [6.07, 6.45) is 1.07. The first-order valence-corrected chi connectivity index (χ1v) is 9.26. The highest BCUT2D eigenvalue weighted by Crippen LogP contribution is 2.35. The van der Waals surface area contributed by atoms with E-state index in [1.807, 2.05) is 60.7 Å². The van der Waals surface area contributed by atoms with Gasteiger partial charge in [0.25, 0.3) is 0 Å². The van der Waals surface area contributed by atoms with Crippen LogP contribution in [0.5, 0.6) is 0 Å². The Morgan fingerprint density at radius 1 is 1.08 bits per heavy atom. The van der Waals surface area contributed by atoms with Gasteiger partial charge in [-0.15, -0.1) is 0 Å². The van der Waals surface area contributed by atoms with E-state index in [9.17, 15) is 4.79 Å². The van der Waals surface area contributed by atoms with Gasteiger partial charge in [-0.25, -0.2) is 4.79 Å². The molecule has 0 aromatic heterocycles. The Balaban J connectivity index is 1.85. The van der Waals surface area contributed by atoms with Crippen molar-refractivity contribution >= 4 is 5.97 Å². The molecular weight excluding hydrogens is 326 g/mol. The van der Waals surface area contributed by atoms with Crippen LogP contribution in [0.2, 0.25) is 0 Å². The second kappa shape index (κ2) is 8.47. The van der Waals surface area contributed by atoms with Crippen LogP contribution < -0.4 is 0 Å². The Kier molecular flexibility index (Phi) is 6.07. The molecule has 1 aliphatic heterocycles. The summed E-state index contributed by atoms with van der Waals surface area (Å²) in [5, 5.41) is 0. The average molecular weight is 353 g/mol. The fourth-order valence-corrected chi connectivity index (χ4v) is 3.70. The molecule has 2 aromatic rings. The minimum atomic E-state index is -1.24. The average Bonchev–Trinajstić information content (AvgIpc) is 3.17. The normalized spacial score (nSPS) is 18.0. The summed E-state index contributed by atoms with van der Waals surface area (Å²) in [5.41, 5.74) is 0.312. The molecule has 1 unspecified atom stereocenters. The zero-order valence-corrected chi connectivity index (χ0v) is 15.6. The first kappa shape index (κ1) is 18.6. The quantitative estimate of drug-likeness (QED) is 0.715. The number of ether oxygens (including phenoxy) is 2. The van der Waals surface area contributed by atoms with Crippen molar-refractivity contribution in [2.45, 2.75) is 18.9 Å². The first-order chi connectivity index (χ1) is 12.7. The molecule has 26 heavy (non-hydrogen) atoms. The number of esters is 1. The largest absolute Gasteiger partial charge is 0.463 e. The molecule has 0 amide bonds. The monoisotopic (exact) mass is 353 g/mol. The molecule has 1 heterocycles. The van der Waals surface area contributed by atoms with E-state index in [4.69, 9.17) is 9.47 Å². The predicted molar refractivity (Wildman–Crippen MR) is 102 cm³/mol. The number of rotatable bonds is 7. The summed E-state index contributed by atoms with van der Waals surface area (Å²) in [6, 6.07) is 19.1. The highest BCUT2D eigenvalue weighted by atomic mass is 16.6. The molecule has 1 fully saturated rings. The van der Waals surface area contributed by atoms with Crippen LogP contribution in [0.25, 0.3) is 0 Å². The molecule has 1 saturated heterocycles. The lowest BCUT2D eigenvalue weighted by Crippen LogP contribution is -2.41. The van der Waals surface area contributed by atoms with Gasteiger partial charge in [0.15, 0.2) is 0 Å². The number of likely N-dealkylation sites (tertiary alicyclic amines) is 1. The number of benzene rings is 2. The summed E-state index contributed by atoms with van der Waals surface area (Å²) < 4.78 is 11.6. The summed E-state index contributed by atoms with van der Waals surface area (Å²) in [5.74, 6) is 0.0346. The third kappa shape index (κ3) is 3.67. The fourth-order valence-electron chi connectivity index (χ4n) is 3.70. The maximum Gasteiger partial charge on any atom is 0.347 e. The summed E-state index contributed by atoms with van der Waals surface area (Å²) >= 11 is 0. The molecule has 0 saturated carbocycles. The Hall–Kier alpha value is -2.17. The van der Waals surface area contributed by atoms with Crippen molar-refractivity contribution in [1.82, 2.24) is 4.90 Å². The van der Waals surface area contributed by atoms with Crippen molar-refractivity contribution < 1.29 is 14.3 Å². The maximum atomic E-state index is 13.2. The topological polar surface area (TPSA) is 38.8 Å². The number of methoxy groups -OCH3 is 1. The lowest BCUT2D eigenvalue weighted by Gasteiger charge is -2.31. The molecule has 1 atom stereocenters. The van der Waals surface area contributed by atoms with Gasteiger partial charge < -0.3 is 14.4 Å². The minimum Gasteiger partial charge on any atom is -0.463 e. The van der Waals surface area contributed by atoms with E-state index in [-0.39, 0.29) is 5.97 Å². The van der Waals surface area contributed by atoms with Gasteiger partial charge in [0.05, 0.1) is 6.61 Å². The summed E-state index contributed by atoms with van der Waals surface area (Å²) in [4.78, 5) is 15.6. The number of hydrogen-bond donors (Lipinski definition) is 0. The van der Waals surface area contributed by atoms with Crippen LogP contribution in [0.4, 0.5) is 0 Å². The first-order valence-electron chi connectivity index (χ1n) is 9.26. The Morgan fingerprint density at radius 3 is 2.12 bits per heavy atom. The third-order valence-electron chi connectivity index (χ3n) is 5.22. The van der Waals surface area contributed by atoms with E-state index in [0.717, 1.165) is 37.2 Å². The van der Waals surface area contributed by atoms with Gasteiger partial charge in [-0.05, 0) is 30.6 Å². The Labute approximate surface area is 155 Å². The van der Waals surface area contributed by atoms with E-state index in [2.05, 4.69) is 11.8 Å². The number of nitrogens with zero attached hydrogens (tertiary/aromatic N) is 1. The number of carbonyl (C=O) groups excluding carboxylic acids is 1. The van der Waals surface area contributed by atoms with Crippen molar-refractivity contribution in [3.8, 4) is 0 Å². The zero-order valence-electron chi connectivity index (χ0n) is 15.6. The lowest BCUT2D eigenvalue weighted by atomic mass is 9.86. The second-order valence-corrected chi connectivity index (χ2v) is 6.76. The zero-order chi connectivity index (χ0) is 18.4. The predicted octanol–water partition coefficient (Wildman–Crippen LogP) is 3.46. The van der Waals surface area contributed by atoms with Crippen molar-refractivity contribution in [2.24, 2.45) is 5.92 Å². The standard InChI is InChI=1S/C22H27NO3/c1-3-23-15-14-18(16-23)17-26-21(24)22(25-2,19-10-6-4-7-11-19)20-12-8-5-9-13-20/h4-13,18H,3,14-17H2,1-2H3. The van der Waals surface area contributed by atoms with Gasteiger partial charge in [-0.1, -0.05) is 67.6 Å². The number of carbonyl (C=O) groups is 1. The van der Waals surface area contributed by atoms with E-state index in [1.165, 1.54) is 0 Å². The maximum absolute atomic E-state index is 13.2. The van der Waals surface area contributed by atoms with Gasteiger partial charge in [-0.2, -0.15) is 0 Å². The van der Waals surface area contributed by atoms with Crippen LogP contribution in [-0.2, 0) is 19.9 Å².